The van der Waals surface area contributed by atoms with Crippen molar-refractivity contribution in [1.29, 1.82) is 0 Å². The van der Waals surface area contributed by atoms with Crippen LogP contribution in [0.15, 0.2) is 24.3 Å². The minimum absolute atomic E-state index is 0.121. The van der Waals surface area contributed by atoms with Gasteiger partial charge in [0.2, 0.25) is 11.8 Å². The number of ether oxygens (including phenoxy) is 1. The molecule has 0 aliphatic carbocycles. The van der Waals surface area contributed by atoms with Gasteiger partial charge in [0.25, 0.3) is 0 Å². The SMILES string of the molecule is CN1CC2(CCCCc3ccccc3OCCCC1=O)CCN(C(=O)CCN1CCCC1)CC2. The molecule has 4 rings (SSSR count). The summed E-state index contributed by atoms with van der Waals surface area (Å²) >= 11 is 0. The van der Waals surface area contributed by atoms with Crippen LogP contribution in [0.3, 0.4) is 0 Å². The van der Waals surface area contributed by atoms with Gasteiger partial charge in [-0.15, -0.1) is 0 Å². The summed E-state index contributed by atoms with van der Waals surface area (Å²) < 4.78 is 6.00. The van der Waals surface area contributed by atoms with Crippen molar-refractivity contribution in [3.05, 3.63) is 29.8 Å². The van der Waals surface area contributed by atoms with E-state index in [4.69, 9.17) is 4.74 Å². The maximum atomic E-state index is 12.9. The van der Waals surface area contributed by atoms with Crippen LogP contribution in [-0.2, 0) is 16.0 Å². The minimum atomic E-state index is 0.121. The molecule has 0 aromatic heterocycles. The summed E-state index contributed by atoms with van der Waals surface area (Å²) in [6.45, 7) is 6.24. The molecule has 2 saturated heterocycles. The second kappa shape index (κ2) is 12.1. The lowest BCUT2D eigenvalue weighted by molar-refractivity contribution is -0.137. The lowest BCUT2D eigenvalue weighted by Crippen LogP contribution is -2.48. The van der Waals surface area contributed by atoms with Crippen LogP contribution >= 0.6 is 0 Å². The number of aryl methyl sites for hydroxylation is 1. The second-order valence-electron chi connectivity index (χ2n) is 10.7. The zero-order chi connectivity index (χ0) is 23.8. The third-order valence-corrected chi connectivity index (χ3v) is 8.18. The van der Waals surface area contributed by atoms with Crippen LogP contribution in [0.5, 0.6) is 5.75 Å². The lowest BCUT2D eigenvalue weighted by Gasteiger charge is -2.44. The molecule has 0 N–H and O–H groups in total. The minimum Gasteiger partial charge on any atom is -0.493 e. The standard InChI is InChI=1S/C28H43N3O3/c1-29-23-28(15-20-31(21-16-28)27(33)13-19-30-17-6-7-18-30)14-5-4-10-24-9-2-3-11-25(24)34-22-8-12-26(29)32/h2-3,9,11H,4-8,10,12-23H2,1H3. The highest BCUT2D eigenvalue weighted by Gasteiger charge is 2.37. The van der Waals surface area contributed by atoms with Crippen molar-refractivity contribution < 1.29 is 14.3 Å². The zero-order valence-electron chi connectivity index (χ0n) is 21.1. The molecule has 6 heteroatoms. The predicted octanol–water partition coefficient (Wildman–Crippen LogP) is 4.13. The Morgan fingerprint density at radius 2 is 1.71 bits per heavy atom. The number of amides is 2. The van der Waals surface area contributed by atoms with E-state index in [9.17, 15) is 9.59 Å². The average molecular weight is 470 g/mol. The molecule has 2 amide bonds. The molecule has 6 nitrogen and oxygen atoms in total. The third kappa shape index (κ3) is 6.74. The highest BCUT2D eigenvalue weighted by Crippen LogP contribution is 2.38. The maximum absolute atomic E-state index is 12.9. The fraction of sp³-hybridized carbons (Fsp3) is 0.714. The first kappa shape index (κ1) is 25.0. The Morgan fingerprint density at radius 1 is 0.941 bits per heavy atom. The van der Waals surface area contributed by atoms with Crippen LogP contribution in [0, 0.1) is 5.41 Å². The van der Waals surface area contributed by atoms with Gasteiger partial charge in [0.1, 0.15) is 5.75 Å². The Hall–Kier alpha value is -2.08. The molecule has 3 heterocycles. The molecule has 1 aromatic rings. The molecule has 3 aliphatic rings. The van der Waals surface area contributed by atoms with E-state index in [1.807, 2.05) is 24.1 Å². The Morgan fingerprint density at radius 3 is 2.50 bits per heavy atom. The van der Waals surface area contributed by atoms with Crippen LogP contribution in [0.25, 0.3) is 0 Å². The Kier molecular flexibility index (Phi) is 8.87. The van der Waals surface area contributed by atoms with Gasteiger partial charge in [-0.25, -0.2) is 0 Å². The number of likely N-dealkylation sites (tertiary alicyclic amines) is 2. The number of hydrogen-bond donors (Lipinski definition) is 0. The van der Waals surface area contributed by atoms with Gasteiger partial charge in [0, 0.05) is 46.1 Å². The number of nitrogens with zero attached hydrogens (tertiary/aromatic N) is 3. The van der Waals surface area contributed by atoms with E-state index < -0.39 is 0 Å². The van der Waals surface area contributed by atoms with Crippen LogP contribution in [-0.4, -0.2) is 79.4 Å². The largest absolute Gasteiger partial charge is 0.493 e. The number of benzene rings is 1. The van der Waals surface area contributed by atoms with Gasteiger partial charge in [0.05, 0.1) is 6.61 Å². The highest BCUT2D eigenvalue weighted by atomic mass is 16.5. The van der Waals surface area contributed by atoms with Gasteiger partial charge in [-0.2, -0.15) is 0 Å². The summed E-state index contributed by atoms with van der Waals surface area (Å²) in [4.78, 5) is 32.2. The first-order valence-electron chi connectivity index (χ1n) is 13.5. The predicted molar refractivity (Wildman–Crippen MR) is 135 cm³/mol. The van der Waals surface area contributed by atoms with Crippen molar-refractivity contribution >= 4 is 11.8 Å². The van der Waals surface area contributed by atoms with E-state index in [0.29, 0.717) is 25.4 Å². The normalized spacial score (nSPS) is 22.8. The van der Waals surface area contributed by atoms with Crippen molar-refractivity contribution in [2.24, 2.45) is 5.41 Å². The Labute approximate surface area is 205 Å². The molecule has 0 atom stereocenters. The molecule has 0 saturated carbocycles. The molecule has 0 radical (unpaired) electrons. The van der Waals surface area contributed by atoms with Gasteiger partial charge >= 0.3 is 0 Å². The molecule has 0 bridgehead atoms. The van der Waals surface area contributed by atoms with Crippen LogP contribution in [0.2, 0.25) is 0 Å². The lowest BCUT2D eigenvalue weighted by atomic mass is 9.73. The van der Waals surface area contributed by atoms with E-state index >= 15 is 0 Å². The number of carbonyl (C=O) groups excluding carboxylic acids is 2. The first-order valence-corrected chi connectivity index (χ1v) is 13.5. The Balaban J connectivity index is 1.36. The number of hydrogen-bond acceptors (Lipinski definition) is 4. The number of rotatable bonds is 3. The van der Waals surface area contributed by atoms with E-state index in [1.54, 1.807) is 0 Å². The Bertz CT molecular complexity index is 813. The van der Waals surface area contributed by atoms with Gasteiger partial charge in [-0.1, -0.05) is 24.6 Å². The molecule has 3 aliphatic heterocycles. The molecule has 34 heavy (non-hydrogen) atoms. The second-order valence-corrected chi connectivity index (χ2v) is 10.7. The van der Waals surface area contributed by atoms with Crippen molar-refractivity contribution in [2.45, 2.75) is 70.6 Å². The van der Waals surface area contributed by atoms with E-state index in [2.05, 4.69) is 21.9 Å². The molecule has 2 fully saturated rings. The first-order chi connectivity index (χ1) is 16.5. The molecule has 1 aromatic carbocycles. The van der Waals surface area contributed by atoms with Gasteiger partial charge in [-0.05, 0) is 81.5 Å². The summed E-state index contributed by atoms with van der Waals surface area (Å²) in [5.41, 5.74) is 1.39. The summed E-state index contributed by atoms with van der Waals surface area (Å²) in [5.74, 6) is 1.48. The van der Waals surface area contributed by atoms with Crippen LogP contribution in [0.4, 0.5) is 0 Å². The molecule has 188 valence electrons. The van der Waals surface area contributed by atoms with Crippen molar-refractivity contribution in [3.63, 3.8) is 0 Å². The van der Waals surface area contributed by atoms with Crippen LogP contribution in [0.1, 0.15) is 69.8 Å². The quantitative estimate of drug-likeness (QED) is 0.668. The van der Waals surface area contributed by atoms with Crippen molar-refractivity contribution in [2.75, 3.05) is 52.9 Å². The fourth-order valence-corrected chi connectivity index (χ4v) is 5.99. The van der Waals surface area contributed by atoms with Gasteiger partial charge in [-0.3, -0.25) is 9.59 Å². The topological polar surface area (TPSA) is 53.1 Å². The third-order valence-electron chi connectivity index (χ3n) is 8.18. The molecular weight excluding hydrogens is 426 g/mol. The molecule has 0 unspecified atom stereocenters. The summed E-state index contributed by atoms with van der Waals surface area (Å²) in [6, 6.07) is 8.33. The molecular formula is C28H43N3O3. The van der Waals surface area contributed by atoms with Crippen molar-refractivity contribution in [3.8, 4) is 5.75 Å². The van der Waals surface area contributed by atoms with Gasteiger partial charge < -0.3 is 19.4 Å². The molecule has 1 spiro atoms. The zero-order valence-corrected chi connectivity index (χ0v) is 21.1. The van der Waals surface area contributed by atoms with E-state index in [-0.39, 0.29) is 11.3 Å². The number of carbonyl (C=O) groups is 2. The summed E-state index contributed by atoms with van der Waals surface area (Å²) in [6.07, 6.45) is 10.9. The van der Waals surface area contributed by atoms with E-state index in [1.165, 1.54) is 18.4 Å². The van der Waals surface area contributed by atoms with E-state index in [0.717, 1.165) is 90.0 Å². The summed E-state index contributed by atoms with van der Waals surface area (Å²) in [5, 5.41) is 0. The number of fused-ring (bicyclic) bond motifs is 1. The van der Waals surface area contributed by atoms with Gasteiger partial charge in [0.15, 0.2) is 0 Å². The number of piperidine rings is 1. The number of para-hydroxylation sites is 1. The average Bonchev–Trinajstić information content (AvgIpc) is 3.37. The monoisotopic (exact) mass is 469 g/mol. The maximum Gasteiger partial charge on any atom is 0.223 e. The smallest absolute Gasteiger partial charge is 0.223 e. The summed E-state index contributed by atoms with van der Waals surface area (Å²) in [7, 11) is 1.96. The fourth-order valence-electron chi connectivity index (χ4n) is 5.99. The highest BCUT2D eigenvalue weighted by molar-refractivity contribution is 5.77. The van der Waals surface area contributed by atoms with Crippen LogP contribution < -0.4 is 4.74 Å². The van der Waals surface area contributed by atoms with Crippen molar-refractivity contribution in [1.82, 2.24) is 14.7 Å².